The number of nitrogen functional groups attached to an aromatic ring is 1. The molecule has 1 fully saturated rings. The van der Waals surface area contributed by atoms with Gasteiger partial charge in [0.2, 0.25) is 0 Å². The van der Waals surface area contributed by atoms with Crippen LogP contribution in [0.25, 0.3) is 0 Å². The van der Waals surface area contributed by atoms with Gasteiger partial charge in [0.25, 0.3) is 0 Å². The number of nitrogens with one attached hydrogen (secondary N) is 1. The molecular weight excluding hydrogens is 224 g/mol. The van der Waals surface area contributed by atoms with Crippen LogP contribution in [-0.2, 0) is 0 Å². The SMILES string of the molecule is CC1CCCCC1N(C)c1cc(C(=N)N)ccn1. The molecule has 0 amide bonds. The summed E-state index contributed by atoms with van der Waals surface area (Å²) in [6.45, 7) is 2.31. The van der Waals surface area contributed by atoms with E-state index in [2.05, 4.69) is 23.9 Å². The van der Waals surface area contributed by atoms with Gasteiger partial charge in [-0.25, -0.2) is 4.98 Å². The Hall–Kier alpha value is -1.58. The van der Waals surface area contributed by atoms with E-state index in [-0.39, 0.29) is 5.84 Å². The molecule has 0 aromatic carbocycles. The average molecular weight is 246 g/mol. The van der Waals surface area contributed by atoms with Crippen LogP contribution in [0.4, 0.5) is 5.82 Å². The summed E-state index contributed by atoms with van der Waals surface area (Å²) in [5.41, 5.74) is 6.27. The van der Waals surface area contributed by atoms with E-state index in [0.717, 1.165) is 11.4 Å². The standard InChI is InChI=1S/C14H22N4/c1-10-5-3-4-6-12(10)18(2)13-9-11(14(15)16)7-8-17-13/h7-10,12H,3-6H2,1-2H3,(H3,15,16). The molecule has 2 atom stereocenters. The number of nitrogens with two attached hydrogens (primary N) is 1. The number of hydrogen-bond donors (Lipinski definition) is 2. The summed E-state index contributed by atoms with van der Waals surface area (Å²) in [5, 5.41) is 7.49. The highest BCUT2D eigenvalue weighted by Crippen LogP contribution is 2.29. The maximum absolute atomic E-state index is 7.49. The zero-order chi connectivity index (χ0) is 13.1. The quantitative estimate of drug-likeness (QED) is 0.635. The van der Waals surface area contributed by atoms with Crippen molar-refractivity contribution in [2.75, 3.05) is 11.9 Å². The second-order valence-electron chi connectivity index (χ2n) is 5.26. The Kier molecular flexibility index (Phi) is 3.84. The fourth-order valence-corrected chi connectivity index (χ4v) is 2.82. The van der Waals surface area contributed by atoms with Crippen LogP contribution in [0.1, 0.15) is 38.2 Å². The first-order chi connectivity index (χ1) is 8.59. The molecule has 0 saturated heterocycles. The Morgan fingerprint density at radius 3 is 2.83 bits per heavy atom. The number of hydrogen-bond acceptors (Lipinski definition) is 3. The molecule has 4 heteroatoms. The average Bonchev–Trinajstić information content (AvgIpc) is 2.38. The van der Waals surface area contributed by atoms with E-state index in [1.807, 2.05) is 6.07 Å². The summed E-state index contributed by atoms with van der Waals surface area (Å²) in [6, 6.07) is 4.24. The van der Waals surface area contributed by atoms with Gasteiger partial charge in [-0.3, -0.25) is 5.41 Å². The van der Waals surface area contributed by atoms with Gasteiger partial charge in [0.15, 0.2) is 0 Å². The summed E-state index contributed by atoms with van der Waals surface area (Å²) in [6.07, 6.45) is 6.89. The monoisotopic (exact) mass is 246 g/mol. The lowest BCUT2D eigenvalue weighted by Crippen LogP contribution is -2.39. The highest BCUT2D eigenvalue weighted by molar-refractivity contribution is 5.95. The molecular formula is C14H22N4. The van der Waals surface area contributed by atoms with Crippen LogP contribution < -0.4 is 10.6 Å². The van der Waals surface area contributed by atoms with Gasteiger partial charge in [0.1, 0.15) is 11.7 Å². The third-order valence-electron chi connectivity index (χ3n) is 3.98. The van der Waals surface area contributed by atoms with Crippen LogP contribution in [-0.4, -0.2) is 23.9 Å². The molecule has 2 unspecified atom stereocenters. The number of anilines is 1. The predicted octanol–water partition coefficient (Wildman–Crippen LogP) is 2.38. The first-order valence-electron chi connectivity index (χ1n) is 6.63. The Morgan fingerprint density at radius 2 is 2.17 bits per heavy atom. The summed E-state index contributed by atoms with van der Waals surface area (Å²) in [5.74, 6) is 1.72. The van der Waals surface area contributed by atoms with Crippen molar-refractivity contribution in [2.45, 2.75) is 38.6 Å². The molecule has 2 rings (SSSR count). The largest absolute Gasteiger partial charge is 0.384 e. The van der Waals surface area contributed by atoms with E-state index < -0.39 is 0 Å². The highest BCUT2D eigenvalue weighted by atomic mass is 15.2. The van der Waals surface area contributed by atoms with Gasteiger partial charge in [-0.2, -0.15) is 0 Å². The Balaban J connectivity index is 2.19. The number of amidine groups is 1. The van der Waals surface area contributed by atoms with Crippen LogP contribution in [0.3, 0.4) is 0 Å². The molecule has 1 saturated carbocycles. The second kappa shape index (κ2) is 5.38. The minimum Gasteiger partial charge on any atom is -0.384 e. The maximum Gasteiger partial charge on any atom is 0.129 e. The van der Waals surface area contributed by atoms with Crippen LogP contribution in [0.2, 0.25) is 0 Å². The van der Waals surface area contributed by atoms with Crippen LogP contribution in [0.5, 0.6) is 0 Å². The van der Waals surface area contributed by atoms with Crippen molar-refractivity contribution >= 4 is 11.7 Å². The Labute approximate surface area is 109 Å². The van der Waals surface area contributed by atoms with E-state index in [9.17, 15) is 0 Å². The van der Waals surface area contributed by atoms with Gasteiger partial charge in [0, 0.05) is 24.8 Å². The number of rotatable bonds is 3. The van der Waals surface area contributed by atoms with Crippen molar-refractivity contribution in [3.63, 3.8) is 0 Å². The van der Waals surface area contributed by atoms with E-state index in [1.165, 1.54) is 25.7 Å². The molecule has 1 aliphatic rings. The summed E-state index contributed by atoms with van der Waals surface area (Å²) in [4.78, 5) is 6.65. The van der Waals surface area contributed by atoms with Crippen molar-refractivity contribution in [2.24, 2.45) is 11.7 Å². The van der Waals surface area contributed by atoms with Crippen LogP contribution >= 0.6 is 0 Å². The smallest absolute Gasteiger partial charge is 0.129 e. The number of pyridine rings is 1. The van der Waals surface area contributed by atoms with Crippen molar-refractivity contribution in [3.05, 3.63) is 23.9 Å². The first kappa shape index (κ1) is 12.9. The lowest BCUT2D eigenvalue weighted by molar-refractivity contribution is 0.320. The van der Waals surface area contributed by atoms with E-state index in [1.54, 1.807) is 12.3 Å². The third kappa shape index (κ3) is 2.63. The molecule has 1 heterocycles. The molecule has 0 spiro atoms. The summed E-state index contributed by atoms with van der Waals surface area (Å²) < 4.78 is 0. The van der Waals surface area contributed by atoms with Gasteiger partial charge in [-0.15, -0.1) is 0 Å². The minimum atomic E-state index is 0.101. The molecule has 1 aromatic rings. The summed E-state index contributed by atoms with van der Waals surface area (Å²) in [7, 11) is 2.10. The normalized spacial score (nSPS) is 23.7. The predicted molar refractivity (Wildman–Crippen MR) is 75.1 cm³/mol. The summed E-state index contributed by atoms with van der Waals surface area (Å²) >= 11 is 0. The number of nitrogens with zero attached hydrogens (tertiary/aromatic N) is 2. The molecule has 0 aliphatic heterocycles. The van der Waals surface area contributed by atoms with Gasteiger partial charge >= 0.3 is 0 Å². The molecule has 98 valence electrons. The molecule has 0 bridgehead atoms. The van der Waals surface area contributed by atoms with E-state index in [0.29, 0.717) is 12.0 Å². The van der Waals surface area contributed by atoms with Crippen molar-refractivity contribution in [3.8, 4) is 0 Å². The molecule has 4 nitrogen and oxygen atoms in total. The zero-order valence-corrected chi connectivity index (χ0v) is 11.2. The van der Waals surface area contributed by atoms with Gasteiger partial charge < -0.3 is 10.6 Å². The first-order valence-corrected chi connectivity index (χ1v) is 6.63. The second-order valence-corrected chi connectivity index (χ2v) is 5.26. The molecule has 1 aliphatic carbocycles. The van der Waals surface area contributed by atoms with Gasteiger partial charge in [-0.1, -0.05) is 19.8 Å². The molecule has 0 radical (unpaired) electrons. The fraction of sp³-hybridized carbons (Fsp3) is 0.571. The molecule has 1 aromatic heterocycles. The van der Waals surface area contributed by atoms with Gasteiger partial charge in [0.05, 0.1) is 0 Å². The Bertz CT molecular complexity index is 430. The lowest BCUT2D eigenvalue weighted by Gasteiger charge is -2.37. The zero-order valence-electron chi connectivity index (χ0n) is 11.2. The van der Waals surface area contributed by atoms with Crippen molar-refractivity contribution in [1.29, 1.82) is 5.41 Å². The van der Waals surface area contributed by atoms with Crippen LogP contribution in [0.15, 0.2) is 18.3 Å². The number of aromatic nitrogens is 1. The topological polar surface area (TPSA) is 66.0 Å². The molecule has 18 heavy (non-hydrogen) atoms. The minimum absolute atomic E-state index is 0.101. The fourth-order valence-electron chi connectivity index (χ4n) is 2.82. The highest BCUT2D eigenvalue weighted by Gasteiger charge is 2.25. The van der Waals surface area contributed by atoms with Gasteiger partial charge in [-0.05, 0) is 30.9 Å². The van der Waals surface area contributed by atoms with Crippen molar-refractivity contribution < 1.29 is 0 Å². The van der Waals surface area contributed by atoms with Crippen molar-refractivity contribution in [1.82, 2.24) is 4.98 Å². The third-order valence-corrected chi connectivity index (χ3v) is 3.98. The lowest BCUT2D eigenvalue weighted by atomic mass is 9.85. The Morgan fingerprint density at radius 1 is 1.44 bits per heavy atom. The van der Waals surface area contributed by atoms with E-state index >= 15 is 0 Å². The van der Waals surface area contributed by atoms with Crippen LogP contribution in [0, 0.1) is 11.3 Å². The maximum atomic E-state index is 7.49. The molecule has 3 N–H and O–H groups in total. The van der Waals surface area contributed by atoms with E-state index in [4.69, 9.17) is 11.1 Å².